The SMILES string of the molecule is COc1cc2c(cc1OC)[C@H](O)OC2=O. The molecule has 0 aromatic heterocycles. The molecule has 0 unspecified atom stereocenters. The van der Waals surface area contributed by atoms with E-state index in [1.165, 1.54) is 26.4 Å². The summed E-state index contributed by atoms with van der Waals surface area (Å²) in [5, 5.41) is 9.40. The molecule has 5 heteroatoms. The molecule has 0 bridgehead atoms. The van der Waals surface area contributed by atoms with E-state index in [0.717, 1.165) is 0 Å². The van der Waals surface area contributed by atoms with Crippen molar-refractivity contribution in [3.8, 4) is 11.5 Å². The normalized spacial score (nSPS) is 18.3. The Morgan fingerprint density at radius 3 is 2.47 bits per heavy atom. The van der Waals surface area contributed by atoms with Gasteiger partial charge in [0.1, 0.15) is 0 Å². The largest absolute Gasteiger partial charge is 0.493 e. The Balaban J connectivity index is 2.58. The van der Waals surface area contributed by atoms with Crippen LogP contribution < -0.4 is 9.47 Å². The fourth-order valence-corrected chi connectivity index (χ4v) is 1.50. The second-order valence-electron chi connectivity index (χ2n) is 3.05. The van der Waals surface area contributed by atoms with E-state index in [4.69, 9.17) is 9.47 Å². The molecule has 1 aliphatic heterocycles. The first-order valence-electron chi connectivity index (χ1n) is 4.32. The second-order valence-corrected chi connectivity index (χ2v) is 3.05. The van der Waals surface area contributed by atoms with Crippen molar-refractivity contribution in [3.05, 3.63) is 23.3 Å². The maximum Gasteiger partial charge on any atom is 0.341 e. The van der Waals surface area contributed by atoms with E-state index < -0.39 is 12.3 Å². The van der Waals surface area contributed by atoms with Crippen molar-refractivity contribution in [2.75, 3.05) is 14.2 Å². The van der Waals surface area contributed by atoms with Gasteiger partial charge in [-0.3, -0.25) is 0 Å². The monoisotopic (exact) mass is 210 g/mol. The number of esters is 1. The van der Waals surface area contributed by atoms with Crippen LogP contribution in [0.15, 0.2) is 12.1 Å². The molecule has 1 N–H and O–H groups in total. The fourth-order valence-electron chi connectivity index (χ4n) is 1.50. The number of carbonyl (C=O) groups excluding carboxylic acids is 1. The minimum absolute atomic E-state index is 0.306. The van der Waals surface area contributed by atoms with E-state index in [2.05, 4.69) is 4.74 Å². The molecule has 0 fully saturated rings. The molecule has 5 nitrogen and oxygen atoms in total. The van der Waals surface area contributed by atoms with Crippen LogP contribution >= 0.6 is 0 Å². The van der Waals surface area contributed by atoms with Crippen molar-refractivity contribution < 1.29 is 24.1 Å². The van der Waals surface area contributed by atoms with Crippen LogP contribution in [0.4, 0.5) is 0 Å². The van der Waals surface area contributed by atoms with Crippen LogP contribution in [0.3, 0.4) is 0 Å². The van der Waals surface area contributed by atoms with E-state index in [9.17, 15) is 9.90 Å². The lowest BCUT2D eigenvalue weighted by atomic mass is 10.1. The lowest BCUT2D eigenvalue weighted by Gasteiger charge is -2.09. The van der Waals surface area contributed by atoms with Gasteiger partial charge in [0.2, 0.25) is 6.29 Å². The van der Waals surface area contributed by atoms with E-state index in [0.29, 0.717) is 22.6 Å². The van der Waals surface area contributed by atoms with Crippen LogP contribution in [0.2, 0.25) is 0 Å². The molecule has 80 valence electrons. The number of ether oxygens (including phenoxy) is 3. The number of methoxy groups -OCH3 is 2. The predicted molar refractivity (Wildman–Crippen MR) is 49.9 cm³/mol. The molecule has 0 spiro atoms. The van der Waals surface area contributed by atoms with Crippen molar-refractivity contribution in [2.24, 2.45) is 0 Å². The minimum Gasteiger partial charge on any atom is -0.493 e. The third-order valence-corrected chi connectivity index (χ3v) is 2.26. The third-order valence-electron chi connectivity index (χ3n) is 2.26. The topological polar surface area (TPSA) is 65.0 Å². The number of fused-ring (bicyclic) bond motifs is 1. The van der Waals surface area contributed by atoms with Crippen molar-refractivity contribution >= 4 is 5.97 Å². The van der Waals surface area contributed by atoms with Crippen LogP contribution in [0.5, 0.6) is 11.5 Å². The van der Waals surface area contributed by atoms with Gasteiger partial charge in [0, 0.05) is 5.56 Å². The second kappa shape index (κ2) is 3.43. The van der Waals surface area contributed by atoms with Gasteiger partial charge < -0.3 is 19.3 Å². The highest BCUT2D eigenvalue weighted by molar-refractivity contribution is 5.94. The zero-order chi connectivity index (χ0) is 11.0. The summed E-state index contributed by atoms with van der Waals surface area (Å²) < 4.78 is 14.7. The van der Waals surface area contributed by atoms with E-state index in [-0.39, 0.29) is 0 Å². The van der Waals surface area contributed by atoms with Gasteiger partial charge in [-0.25, -0.2) is 4.79 Å². The summed E-state index contributed by atoms with van der Waals surface area (Å²) in [5.74, 6) is 0.328. The van der Waals surface area contributed by atoms with Gasteiger partial charge in [0.25, 0.3) is 0 Å². The van der Waals surface area contributed by atoms with Crippen molar-refractivity contribution in [1.82, 2.24) is 0 Å². The average Bonchev–Trinajstić information content (AvgIpc) is 2.52. The van der Waals surface area contributed by atoms with Crippen LogP contribution in [0.25, 0.3) is 0 Å². The van der Waals surface area contributed by atoms with Gasteiger partial charge in [-0.05, 0) is 12.1 Å². The number of hydrogen-bond donors (Lipinski definition) is 1. The van der Waals surface area contributed by atoms with Gasteiger partial charge >= 0.3 is 5.97 Å². The smallest absolute Gasteiger partial charge is 0.341 e. The van der Waals surface area contributed by atoms with Crippen LogP contribution in [-0.2, 0) is 4.74 Å². The van der Waals surface area contributed by atoms with Gasteiger partial charge in [-0.1, -0.05) is 0 Å². The van der Waals surface area contributed by atoms with Gasteiger partial charge in [-0.15, -0.1) is 0 Å². The molecular weight excluding hydrogens is 200 g/mol. The molecule has 0 saturated carbocycles. The lowest BCUT2D eigenvalue weighted by molar-refractivity contribution is -0.0548. The van der Waals surface area contributed by atoms with Crippen LogP contribution in [-0.4, -0.2) is 25.3 Å². The average molecular weight is 210 g/mol. The summed E-state index contributed by atoms with van der Waals surface area (Å²) in [5.41, 5.74) is 0.706. The minimum atomic E-state index is -1.22. The first kappa shape index (κ1) is 9.79. The highest BCUT2D eigenvalue weighted by atomic mass is 16.6. The Kier molecular flexibility index (Phi) is 2.24. The number of hydrogen-bond acceptors (Lipinski definition) is 5. The maximum atomic E-state index is 11.3. The molecule has 1 atom stereocenters. The van der Waals surface area contributed by atoms with Gasteiger partial charge in [-0.2, -0.15) is 0 Å². The molecule has 2 rings (SSSR count). The molecule has 0 amide bonds. The highest BCUT2D eigenvalue weighted by Crippen LogP contribution is 2.37. The highest BCUT2D eigenvalue weighted by Gasteiger charge is 2.31. The van der Waals surface area contributed by atoms with Crippen LogP contribution in [0, 0.1) is 0 Å². The fraction of sp³-hybridized carbons (Fsp3) is 0.300. The van der Waals surface area contributed by atoms with E-state index >= 15 is 0 Å². The molecule has 1 heterocycles. The summed E-state index contributed by atoms with van der Waals surface area (Å²) in [6.07, 6.45) is -1.22. The van der Waals surface area contributed by atoms with Crippen molar-refractivity contribution in [3.63, 3.8) is 0 Å². The predicted octanol–water partition coefficient (Wildman–Crippen LogP) is 0.865. The van der Waals surface area contributed by atoms with Crippen molar-refractivity contribution in [2.45, 2.75) is 6.29 Å². The number of cyclic esters (lactones) is 1. The van der Waals surface area contributed by atoms with Gasteiger partial charge in [0.15, 0.2) is 11.5 Å². The zero-order valence-electron chi connectivity index (χ0n) is 8.31. The number of carbonyl (C=O) groups is 1. The molecular formula is C10H10O5. The Labute approximate surface area is 86.2 Å². The molecule has 1 aromatic carbocycles. The van der Waals surface area contributed by atoms with Crippen molar-refractivity contribution in [1.29, 1.82) is 0 Å². The third kappa shape index (κ3) is 1.41. The maximum absolute atomic E-state index is 11.3. The first-order chi connectivity index (χ1) is 7.17. The Morgan fingerprint density at radius 1 is 1.27 bits per heavy atom. The standard InChI is InChI=1S/C10H10O5/c1-13-7-3-5-6(4-8(7)14-2)10(12)15-9(5)11/h3-4,9,11H,1-2H3/t9-/m1/s1. The van der Waals surface area contributed by atoms with Gasteiger partial charge in [0.05, 0.1) is 19.8 Å². The summed E-state index contributed by atoms with van der Waals surface area (Å²) in [4.78, 5) is 11.3. The summed E-state index contributed by atoms with van der Waals surface area (Å²) in [6, 6.07) is 3.02. The molecule has 1 aliphatic rings. The number of aliphatic hydroxyl groups excluding tert-OH is 1. The lowest BCUT2D eigenvalue weighted by Crippen LogP contribution is -1.96. The summed E-state index contributed by atoms with van der Waals surface area (Å²) >= 11 is 0. The molecule has 1 aromatic rings. The van der Waals surface area contributed by atoms with E-state index in [1.54, 1.807) is 0 Å². The first-order valence-corrected chi connectivity index (χ1v) is 4.32. The summed E-state index contributed by atoms with van der Waals surface area (Å²) in [7, 11) is 2.95. The zero-order valence-corrected chi connectivity index (χ0v) is 8.31. The number of rotatable bonds is 2. The molecule has 0 aliphatic carbocycles. The number of benzene rings is 1. The Hall–Kier alpha value is -1.75. The Morgan fingerprint density at radius 2 is 1.87 bits per heavy atom. The molecule has 15 heavy (non-hydrogen) atoms. The van der Waals surface area contributed by atoms with E-state index in [1.807, 2.05) is 0 Å². The summed E-state index contributed by atoms with van der Waals surface area (Å²) in [6.45, 7) is 0. The Bertz CT molecular complexity index is 413. The van der Waals surface area contributed by atoms with Crippen LogP contribution in [0.1, 0.15) is 22.2 Å². The quantitative estimate of drug-likeness (QED) is 0.733. The number of aliphatic hydroxyl groups is 1. The molecule has 0 radical (unpaired) electrons. The molecule has 0 saturated heterocycles.